The van der Waals surface area contributed by atoms with Crippen molar-refractivity contribution in [2.24, 2.45) is 41.4 Å². The third-order valence-corrected chi connectivity index (χ3v) is 8.87. The van der Waals surface area contributed by atoms with Gasteiger partial charge >= 0.3 is 5.97 Å². The standard InChI is InChI=1S/C30H28N2O6/c1-2-37-19-8-6-17(7-9-19)31-15-16(12-25(31)33)30(36)38-20-5-3-4-18(13-20)32-28(34)26-21-10-11-22(24-14-23(21)24)27(26)29(32)35/h3-11,13,16,21-24,26-27H,2,12,14-15H2,1H3/t16-,21-,22-,23-,24-,26-,27+/m1/s1. The fraction of sp³-hybridized carbons (Fsp3) is 0.400. The first-order valence-corrected chi connectivity index (χ1v) is 13.4. The number of carbonyl (C=O) groups excluding carboxylic acids is 4. The Morgan fingerprint density at radius 3 is 2.24 bits per heavy atom. The first-order chi connectivity index (χ1) is 18.4. The number of ether oxygens (including phenoxy) is 2. The second-order valence-corrected chi connectivity index (χ2v) is 10.9. The normalized spacial score (nSPS) is 32.4. The molecule has 2 saturated carbocycles. The Morgan fingerprint density at radius 2 is 1.58 bits per heavy atom. The highest BCUT2D eigenvalue weighted by atomic mass is 16.5. The molecule has 2 aromatic rings. The average Bonchev–Trinajstić information content (AvgIpc) is 3.60. The number of allylic oxidation sites excluding steroid dienone is 2. The Hall–Kier alpha value is -3.94. The summed E-state index contributed by atoms with van der Waals surface area (Å²) in [6, 6.07) is 13.8. The molecule has 38 heavy (non-hydrogen) atoms. The van der Waals surface area contributed by atoms with E-state index in [0.29, 0.717) is 35.6 Å². The fourth-order valence-corrected chi connectivity index (χ4v) is 7.10. The lowest BCUT2D eigenvalue weighted by Crippen LogP contribution is -2.40. The first-order valence-electron chi connectivity index (χ1n) is 13.4. The molecule has 6 aliphatic rings. The van der Waals surface area contributed by atoms with Crippen molar-refractivity contribution in [2.45, 2.75) is 19.8 Å². The molecule has 3 amide bonds. The maximum atomic E-state index is 13.4. The van der Waals surface area contributed by atoms with Crippen LogP contribution in [0.15, 0.2) is 60.7 Å². The van der Waals surface area contributed by atoms with Gasteiger partial charge in [0, 0.05) is 24.7 Å². The SMILES string of the molecule is CCOc1ccc(N2C[C@H](C(=O)Oc3cccc(N4C(=O)[C@@H]5[C@@H]6C=C[C@H]([C@H]7C[C@H]67)[C@@H]5C4=O)c3)CC2=O)cc1. The van der Waals surface area contributed by atoms with E-state index in [1.165, 1.54) is 4.90 Å². The number of amides is 3. The van der Waals surface area contributed by atoms with E-state index < -0.39 is 11.9 Å². The molecular weight excluding hydrogens is 484 g/mol. The van der Waals surface area contributed by atoms with Gasteiger partial charge in [-0.3, -0.25) is 19.2 Å². The molecule has 2 aromatic carbocycles. The van der Waals surface area contributed by atoms with Crippen LogP contribution >= 0.6 is 0 Å². The Bertz CT molecular complexity index is 1350. The summed E-state index contributed by atoms with van der Waals surface area (Å²) in [4.78, 5) is 55.4. The molecule has 8 heteroatoms. The summed E-state index contributed by atoms with van der Waals surface area (Å²) < 4.78 is 11.1. The number of imide groups is 1. The van der Waals surface area contributed by atoms with E-state index in [2.05, 4.69) is 12.2 Å². The molecule has 4 fully saturated rings. The van der Waals surface area contributed by atoms with Crippen LogP contribution in [0.2, 0.25) is 0 Å². The second-order valence-electron chi connectivity index (χ2n) is 10.9. The highest BCUT2D eigenvalue weighted by Gasteiger charge is 2.67. The van der Waals surface area contributed by atoms with Gasteiger partial charge in [-0.2, -0.15) is 0 Å². The summed E-state index contributed by atoms with van der Waals surface area (Å²) in [6.45, 7) is 2.67. The van der Waals surface area contributed by atoms with E-state index in [1.54, 1.807) is 53.4 Å². The van der Waals surface area contributed by atoms with Gasteiger partial charge in [0.1, 0.15) is 11.5 Å². The molecule has 4 aliphatic carbocycles. The van der Waals surface area contributed by atoms with Gasteiger partial charge in [-0.25, -0.2) is 4.90 Å². The molecule has 0 radical (unpaired) electrons. The molecule has 194 valence electrons. The molecule has 7 atom stereocenters. The average molecular weight is 513 g/mol. The fourth-order valence-electron chi connectivity index (χ4n) is 7.10. The highest BCUT2D eigenvalue weighted by molar-refractivity contribution is 6.22. The zero-order chi connectivity index (χ0) is 26.1. The molecule has 0 unspecified atom stereocenters. The Balaban J connectivity index is 1.05. The minimum Gasteiger partial charge on any atom is -0.494 e. The molecule has 2 heterocycles. The maximum Gasteiger partial charge on any atom is 0.316 e. The number of hydrogen-bond acceptors (Lipinski definition) is 6. The third-order valence-electron chi connectivity index (χ3n) is 8.87. The Labute approximate surface area is 220 Å². The minimum atomic E-state index is -0.621. The van der Waals surface area contributed by atoms with E-state index in [0.717, 1.165) is 6.42 Å². The van der Waals surface area contributed by atoms with Crippen LogP contribution < -0.4 is 19.3 Å². The lowest BCUT2D eigenvalue weighted by Gasteiger charge is -2.37. The van der Waals surface area contributed by atoms with Gasteiger partial charge in [-0.1, -0.05) is 18.2 Å². The number of hydrogen-bond donors (Lipinski definition) is 0. The van der Waals surface area contributed by atoms with Crippen LogP contribution in [-0.2, 0) is 19.2 Å². The summed E-state index contributed by atoms with van der Waals surface area (Å²) in [5.41, 5.74) is 1.12. The summed E-state index contributed by atoms with van der Waals surface area (Å²) in [7, 11) is 0. The molecule has 2 bridgehead atoms. The molecule has 0 aromatic heterocycles. The first kappa shape index (κ1) is 23.2. The van der Waals surface area contributed by atoms with E-state index >= 15 is 0 Å². The van der Waals surface area contributed by atoms with Gasteiger partial charge in [-0.15, -0.1) is 0 Å². The molecule has 0 N–H and O–H groups in total. The number of rotatable bonds is 6. The van der Waals surface area contributed by atoms with Crippen molar-refractivity contribution in [3.8, 4) is 11.5 Å². The molecular formula is C30H28N2O6. The summed E-state index contributed by atoms with van der Waals surface area (Å²) in [5, 5.41) is 0. The number of carbonyl (C=O) groups is 4. The van der Waals surface area contributed by atoms with E-state index in [1.807, 2.05) is 6.92 Å². The van der Waals surface area contributed by atoms with E-state index in [4.69, 9.17) is 9.47 Å². The lowest BCUT2D eigenvalue weighted by molar-refractivity contribution is -0.139. The van der Waals surface area contributed by atoms with Crippen molar-refractivity contribution in [3.05, 3.63) is 60.7 Å². The monoisotopic (exact) mass is 512 g/mol. The summed E-state index contributed by atoms with van der Waals surface area (Å²) in [5.74, 6) is 0.166. The van der Waals surface area contributed by atoms with Crippen molar-refractivity contribution in [3.63, 3.8) is 0 Å². The molecule has 2 saturated heterocycles. The van der Waals surface area contributed by atoms with E-state index in [9.17, 15) is 19.2 Å². The number of anilines is 2. The van der Waals surface area contributed by atoms with Gasteiger partial charge < -0.3 is 14.4 Å². The molecule has 2 aliphatic heterocycles. The van der Waals surface area contributed by atoms with Crippen LogP contribution in [-0.4, -0.2) is 36.8 Å². The number of benzene rings is 2. The molecule has 0 spiro atoms. The van der Waals surface area contributed by atoms with Crippen LogP contribution in [0, 0.1) is 41.4 Å². The van der Waals surface area contributed by atoms with Crippen LogP contribution in [0.1, 0.15) is 19.8 Å². The number of nitrogens with zero attached hydrogens (tertiary/aromatic N) is 2. The highest BCUT2D eigenvalue weighted by Crippen LogP contribution is 2.65. The van der Waals surface area contributed by atoms with Crippen molar-refractivity contribution >= 4 is 35.1 Å². The Morgan fingerprint density at radius 1 is 0.895 bits per heavy atom. The zero-order valence-electron chi connectivity index (χ0n) is 21.0. The van der Waals surface area contributed by atoms with Crippen LogP contribution in [0.3, 0.4) is 0 Å². The van der Waals surface area contributed by atoms with Crippen molar-refractivity contribution < 1.29 is 28.7 Å². The van der Waals surface area contributed by atoms with Gasteiger partial charge in [-0.05, 0) is 73.4 Å². The zero-order valence-corrected chi connectivity index (χ0v) is 21.0. The van der Waals surface area contributed by atoms with Gasteiger partial charge in [0.2, 0.25) is 17.7 Å². The van der Waals surface area contributed by atoms with Crippen molar-refractivity contribution in [1.82, 2.24) is 0 Å². The second kappa shape index (κ2) is 8.55. The van der Waals surface area contributed by atoms with Gasteiger partial charge in [0.05, 0.1) is 30.0 Å². The van der Waals surface area contributed by atoms with E-state index in [-0.39, 0.29) is 60.1 Å². The quantitative estimate of drug-likeness (QED) is 0.254. The lowest BCUT2D eigenvalue weighted by atomic mass is 9.63. The molecule has 8 nitrogen and oxygen atoms in total. The van der Waals surface area contributed by atoms with Crippen molar-refractivity contribution in [1.29, 1.82) is 0 Å². The smallest absolute Gasteiger partial charge is 0.316 e. The van der Waals surface area contributed by atoms with Gasteiger partial charge in [0.15, 0.2) is 0 Å². The maximum absolute atomic E-state index is 13.4. The van der Waals surface area contributed by atoms with Crippen molar-refractivity contribution in [2.75, 3.05) is 23.0 Å². The van der Waals surface area contributed by atoms with Gasteiger partial charge in [0.25, 0.3) is 0 Å². The van der Waals surface area contributed by atoms with Crippen LogP contribution in [0.5, 0.6) is 11.5 Å². The third kappa shape index (κ3) is 3.50. The predicted molar refractivity (Wildman–Crippen MR) is 137 cm³/mol. The summed E-state index contributed by atoms with van der Waals surface area (Å²) >= 11 is 0. The number of esters is 1. The van der Waals surface area contributed by atoms with Crippen LogP contribution in [0.25, 0.3) is 0 Å². The molecule has 8 rings (SSSR count). The summed E-state index contributed by atoms with van der Waals surface area (Å²) in [6.07, 6.45) is 5.45. The Kier molecular flexibility index (Phi) is 5.22. The van der Waals surface area contributed by atoms with Crippen LogP contribution in [0.4, 0.5) is 11.4 Å². The largest absolute Gasteiger partial charge is 0.494 e. The minimum absolute atomic E-state index is 0.0519. The topological polar surface area (TPSA) is 93.2 Å². The predicted octanol–water partition coefficient (Wildman–Crippen LogP) is 3.60.